The highest BCUT2D eigenvalue weighted by atomic mass is 32.2. The summed E-state index contributed by atoms with van der Waals surface area (Å²) in [6.07, 6.45) is 0.643. The molecule has 6 heteroatoms. The molecule has 19 heavy (non-hydrogen) atoms. The topological polar surface area (TPSA) is 72.2 Å². The molecular weight excluding hydrogens is 280 g/mol. The van der Waals surface area contributed by atoms with Gasteiger partial charge < -0.3 is 5.73 Å². The largest absolute Gasteiger partial charge is 0.399 e. The maximum atomic E-state index is 12.0. The zero-order valence-electron chi connectivity index (χ0n) is 10.6. The number of benzene rings is 1. The van der Waals surface area contributed by atoms with E-state index < -0.39 is 10.0 Å². The van der Waals surface area contributed by atoms with Crippen molar-refractivity contribution >= 4 is 27.0 Å². The highest BCUT2D eigenvalue weighted by molar-refractivity contribution is 7.91. The van der Waals surface area contributed by atoms with Gasteiger partial charge in [0.1, 0.15) is 4.21 Å². The molecule has 1 aromatic carbocycles. The third-order valence-electron chi connectivity index (χ3n) is 2.67. The van der Waals surface area contributed by atoms with Gasteiger partial charge in [-0.15, -0.1) is 11.3 Å². The lowest BCUT2D eigenvalue weighted by atomic mass is 10.1. The molecule has 0 unspecified atom stereocenters. The monoisotopic (exact) mass is 296 g/mol. The van der Waals surface area contributed by atoms with E-state index in [0.717, 1.165) is 10.4 Å². The summed E-state index contributed by atoms with van der Waals surface area (Å²) >= 11 is 1.28. The smallest absolute Gasteiger partial charge is 0.250 e. The molecule has 0 saturated heterocycles. The summed E-state index contributed by atoms with van der Waals surface area (Å²) in [5.74, 6) is 0. The second-order valence-corrected chi connectivity index (χ2v) is 7.54. The zero-order chi connectivity index (χ0) is 13.9. The SMILES string of the molecule is Cc1ccc(S(=O)(=O)NCCc2ccc(N)cc2)s1. The van der Waals surface area contributed by atoms with Gasteiger partial charge in [-0.1, -0.05) is 12.1 Å². The summed E-state index contributed by atoms with van der Waals surface area (Å²) in [7, 11) is -3.37. The van der Waals surface area contributed by atoms with Crippen molar-refractivity contribution in [3.63, 3.8) is 0 Å². The van der Waals surface area contributed by atoms with Crippen molar-refractivity contribution in [1.29, 1.82) is 0 Å². The Kier molecular flexibility index (Phi) is 4.24. The molecule has 1 aromatic heterocycles. The first-order valence-electron chi connectivity index (χ1n) is 5.88. The average Bonchev–Trinajstić information content (AvgIpc) is 2.79. The number of nitrogens with one attached hydrogen (secondary N) is 1. The van der Waals surface area contributed by atoms with Crippen LogP contribution in [0.4, 0.5) is 5.69 Å². The molecule has 2 aromatic rings. The van der Waals surface area contributed by atoms with E-state index in [1.165, 1.54) is 11.3 Å². The number of anilines is 1. The highest BCUT2D eigenvalue weighted by Crippen LogP contribution is 2.20. The van der Waals surface area contributed by atoms with Crippen LogP contribution < -0.4 is 10.5 Å². The van der Waals surface area contributed by atoms with Crippen LogP contribution in [0.2, 0.25) is 0 Å². The molecule has 2 rings (SSSR count). The van der Waals surface area contributed by atoms with E-state index in [9.17, 15) is 8.42 Å². The van der Waals surface area contributed by atoms with Gasteiger partial charge in [-0.2, -0.15) is 0 Å². The van der Waals surface area contributed by atoms with E-state index in [1.807, 2.05) is 31.2 Å². The van der Waals surface area contributed by atoms with Gasteiger partial charge in [0.25, 0.3) is 0 Å². The fraction of sp³-hybridized carbons (Fsp3) is 0.231. The van der Waals surface area contributed by atoms with Gasteiger partial charge in [-0.3, -0.25) is 0 Å². The minimum absolute atomic E-state index is 0.363. The second kappa shape index (κ2) is 5.73. The Labute approximate surface area is 117 Å². The Morgan fingerprint density at radius 3 is 2.42 bits per heavy atom. The summed E-state index contributed by atoms with van der Waals surface area (Å²) in [5.41, 5.74) is 7.35. The molecular formula is C13H16N2O2S2. The molecule has 1 heterocycles. The molecule has 0 atom stereocenters. The van der Waals surface area contributed by atoms with Gasteiger partial charge in [-0.25, -0.2) is 13.1 Å². The van der Waals surface area contributed by atoms with Gasteiger partial charge in [0.05, 0.1) is 0 Å². The molecule has 0 aliphatic heterocycles. The standard InChI is InChI=1S/C13H16N2O2S2/c1-10-2-7-13(18-10)19(16,17)15-9-8-11-3-5-12(14)6-4-11/h2-7,15H,8-9,14H2,1H3. The van der Waals surface area contributed by atoms with Crippen LogP contribution in [-0.4, -0.2) is 15.0 Å². The van der Waals surface area contributed by atoms with Crippen LogP contribution in [0, 0.1) is 6.92 Å². The molecule has 0 radical (unpaired) electrons. The molecule has 0 bridgehead atoms. The maximum Gasteiger partial charge on any atom is 0.250 e. The summed E-state index contributed by atoms with van der Waals surface area (Å²) < 4.78 is 26.9. The lowest BCUT2D eigenvalue weighted by Gasteiger charge is -2.05. The molecule has 102 valence electrons. The van der Waals surface area contributed by atoms with E-state index in [4.69, 9.17) is 5.73 Å². The number of sulfonamides is 1. The van der Waals surface area contributed by atoms with Crippen LogP contribution in [0.1, 0.15) is 10.4 Å². The third kappa shape index (κ3) is 3.79. The van der Waals surface area contributed by atoms with Crippen LogP contribution in [0.15, 0.2) is 40.6 Å². The third-order valence-corrected chi connectivity index (χ3v) is 5.62. The molecule has 0 aliphatic carbocycles. The number of rotatable bonds is 5. The lowest BCUT2D eigenvalue weighted by Crippen LogP contribution is -2.25. The van der Waals surface area contributed by atoms with Gasteiger partial charge in [0.2, 0.25) is 10.0 Å². The molecule has 0 fully saturated rings. The van der Waals surface area contributed by atoms with Crippen LogP contribution in [0.3, 0.4) is 0 Å². The molecule has 0 spiro atoms. The maximum absolute atomic E-state index is 12.0. The molecule has 4 nitrogen and oxygen atoms in total. The molecule has 0 amide bonds. The van der Waals surface area contributed by atoms with Gasteiger partial charge in [0.15, 0.2) is 0 Å². The number of hydrogen-bond donors (Lipinski definition) is 2. The molecule has 3 N–H and O–H groups in total. The Bertz CT molecular complexity index is 646. The summed E-state index contributed by atoms with van der Waals surface area (Å²) in [6, 6.07) is 10.9. The van der Waals surface area contributed by atoms with Crippen LogP contribution in [0.5, 0.6) is 0 Å². The summed E-state index contributed by atoms with van der Waals surface area (Å²) in [4.78, 5) is 0.985. The van der Waals surface area contributed by atoms with Crippen LogP contribution in [-0.2, 0) is 16.4 Å². The van der Waals surface area contributed by atoms with E-state index in [0.29, 0.717) is 22.9 Å². The van der Waals surface area contributed by atoms with E-state index in [1.54, 1.807) is 12.1 Å². The van der Waals surface area contributed by atoms with Crippen molar-refractivity contribution in [2.75, 3.05) is 12.3 Å². The van der Waals surface area contributed by atoms with Crippen LogP contribution >= 0.6 is 11.3 Å². The quantitative estimate of drug-likeness (QED) is 0.831. The predicted octanol–water partition coefficient (Wildman–Crippen LogP) is 2.16. The van der Waals surface area contributed by atoms with Gasteiger partial charge in [0, 0.05) is 17.1 Å². The Hall–Kier alpha value is -1.37. The predicted molar refractivity (Wildman–Crippen MR) is 78.8 cm³/mol. The van der Waals surface area contributed by atoms with Crippen molar-refractivity contribution in [2.24, 2.45) is 0 Å². The number of nitrogen functional groups attached to an aromatic ring is 1. The Morgan fingerprint density at radius 1 is 1.16 bits per heavy atom. The zero-order valence-corrected chi connectivity index (χ0v) is 12.2. The normalized spacial score (nSPS) is 11.6. The van der Waals surface area contributed by atoms with Gasteiger partial charge in [-0.05, 0) is 43.2 Å². The first-order valence-corrected chi connectivity index (χ1v) is 8.18. The van der Waals surface area contributed by atoms with Crippen LogP contribution in [0.25, 0.3) is 0 Å². The first-order chi connectivity index (χ1) is 8.97. The van der Waals surface area contributed by atoms with Crippen molar-refractivity contribution in [1.82, 2.24) is 4.72 Å². The first kappa shape index (κ1) is 14.0. The average molecular weight is 296 g/mol. The molecule has 0 saturated carbocycles. The number of aryl methyl sites for hydroxylation is 1. The number of hydrogen-bond acceptors (Lipinski definition) is 4. The highest BCUT2D eigenvalue weighted by Gasteiger charge is 2.15. The fourth-order valence-electron chi connectivity index (χ4n) is 1.64. The van der Waals surface area contributed by atoms with Crippen molar-refractivity contribution in [3.05, 3.63) is 46.8 Å². The van der Waals surface area contributed by atoms with E-state index >= 15 is 0 Å². The fourth-order valence-corrected chi connectivity index (χ4v) is 4.00. The Balaban J connectivity index is 1.93. The Morgan fingerprint density at radius 2 is 1.84 bits per heavy atom. The van der Waals surface area contributed by atoms with Crippen molar-refractivity contribution in [2.45, 2.75) is 17.6 Å². The minimum Gasteiger partial charge on any atom is -0.399 e. The summed E-state index contributed by atoms with van der Waals surface area (Å²) in [5, 5.41) is 0. The summed E-state index contributed by atoms with van der Waals surface area (Å²) in [6.45, 7) is 2.27. The van der Waals surface area contributed by atoms with Crippen molar-refractivity contribution < 1.29 is 8.42 Å². The number of thiophene rings is 1. The van der Waals surface area contributed by atoms with E-state index in [2.05, 4.69) is 4.72 Å². The second-order valence-electron chi connectivity index (χ2n) is 4.25. The number of nitrogens with two attached hydrogens (primary N) is 1. The molecule has 0 aliphatic rings. The van der Waals surface area contributed by atoms with Gasteiger partial charge >= 0.3 is 0 Å². The van der Waals surface area contributed by atoms with E-state index in [-0.39, 0.29) is 0 Å². The van der Waals surface area contributed by atoms with Crippen molar-refractivity contribution in [3.8, 4) is 0 Å². The lowest BCUT2D eigenvalue weighted by molar-refractivity contribution is 0.584. The minimum atomic E-state index is -3.37.